The third-order valence-corrected chi connectivity index (χ3v) is 5.23. The zero-order valence-electron chi connectivity index (χ0n) is 16.7. The van der Waals surface area contributed by atoms with Gasteiger partial charge in [0.25, 0.3) is 0 Å². The Morgan fingerprint density at radius 3 is 2.61 bits per heavy atom. The number of furan rings is 1. The SMILES string of the molecule is COCCN1C(=O)CCC(C(=O)NCc2ccc(C)o2)C1c1ccc(C)cc1. The van der Waals surface area contributed by atoms with Gasteiger partial charge in [0, 0.05) is 20.1 Å². The van der Waals surface area contributed by atoms with Crippen molar-refractivity contribution in [3.8, 4) is 0 Å². The number of methoxy groups -OCH3 is 1. The summed E-state index contributed by atoms with van der Waals surface area (Å²) in [6.07, 6.45) is 0.897. The molecule has 2 unspecified atom stereocenters. The van der Waals surface area contributed by atoms with Crippen molar-refractivity contribution >= 4 is 11.8 Å². The lowest BCUT2D eigenvalue weighted by Gasteiger charge is -2.40. The highest BCUT2D eigenvalue weighted by molar-refractivity contribution is 5.85. The van der Waals surface area contributed by atoms with E-state index in [0.29, 0.717) is 32.5 Å². The van der Waals surface area contributed by atoms with Crippen LogP contribution in [0.2, 0.25) is 0 Å². The van der Waals surface area contributed by atoms with Crippen molar-refractivity contribution in [3.63, 3.8) is 0 Å². The number of piperidine rings is 1. The lowest BCUT2D eigenvalue weighted by atomic mass is 9.83. The highest BCUT2D eigenvalue weighted by Gasteiger charge is 2.40. The first-order valence-corrected chi connectivity index (χ1v) is 9.67. The highest BCUT2D eigenvalue weighted by atomic mass is 16.5. The van der Waals surface area contributed by atoms with Gasteiger partial charge in [-0.1, -0.05) is 29.8 Å². The molecule has 0 aliphatic carbocycles. The minimum atomic E-state index is -0.312. The van der Waals surface area contributed by atoms with Crippen molar-refractivity contribution in [2.45, 2.75) is 39.3 Å². The Kier molecular flexibility index (Phi) is 6.52. The standard InChI is InChI=1S/C22H28N2O4/c1-15-4-7-17(8-5-15)21-19(10-11-20(25)24(21)12-13-27-3)22(26)23-14-18-9-6-16(2)28-18/h4-9,19,21H,10-14H2,1-3H3,(H,23,26). The molecule has 0 saturated carbocycles. The number of nitrogens with one attached hydrogen (secondary N) is 1. The first-order valence-electron chi connectivity index (χ1n) is 9.67. The summed E-state index contributed by atoms with van der Waals surface area (Å²) in [5.74, 6) is 1.23. The Hall–Kier alpha value is -2.60. The van der Waals surface area contributed by atoms with E-state index in [1.54, 1.807) is 12.0 Å². The maximum atomic E-state index is 13.0. The van der Waals surface area contributed by atoms with Crippen LogP contribution in [0, 0.1) is 19.8 Å². The number of carbonyl (C=O) groups excluding carboxylic acids is 2. The Labute approximate surface area is 165 Å². The third-order valence-electron chi connectivity index (χ3n) is 5.23. The third kappa shape index (κ3) is 4.62. The average Bonchev–Trinajstić information content (AvgIpc) is 3.11. The van der Waals surface area contributed by atoms with E-state index in [4.69, 9.17) is 9.15 Å². The topological polar surface area (TPSA) is 71.8 Å². The fourth-order valence-corrected chi connectivity index (χ4v) is 3.74. The van der Waals surface area contributed by atoms with Crippen molar-refractivity contribution in [1.29, 1.82) is 0 Å². The van der Waals surface area contributed by atoms with Crippen molar-refractivity contribution in [1.82, 2.24) is 10.2 Å². The molecule has 2 aromatic rings. The van der Waals surface area contributed by atoms with E-state index < -0.39 is 0 Å². The first kappa shape index (κ1) is 20.1. The van der Waals surface area contributed by atoms with Crippen LogP contribution >= 0.6 is 0 Å². The van der Waals surface area contributed by atoms with Gasteiger partial charge in [-0.2, -0.15) is 0 Å². The maximum Gasteiger partial charge on any atom is 0.225 e. The molecule has 1 N–H and O–H groups in total. The fourth-order valence-electron chi connectivity index (χ4n) is 3.74. The number of hydrogen-bond acceptors (Lipinski definition) is 4. The Balaban J connectivity index is 1.82. The van der Waals surface area contributed by atoms with Crippen LogP contribution < -0.4 is 5.32 Å². The van der Waals surface area contributed by atoms with Crippen LogP contribution in [-0.2, 0) is 20.9 Å². The second-order valence-electron chi connectivity index (χ2n) is 7.31. The monoisotopic (exact) mass is 384 g/mol. The number of aryl methyl sites for hydroxylation is 2. The number of hydrogen-bond donors (Lipinski definition) is 1. The summed E-state index contributed by atoms with van der Waals surface area (Å²) in [7, 11) is 1.62. The lowest BCUT2D eigenvalue weighted by molar-refractivity contribution is -0.144. The van der Waals surface area contributed by atoms with E-state index in [-0.39, 0.29) is 23.8 Å². The van der Waals surface area contributed by atoms with Crippen molar-refractivity contribution < 1.29 is 18.7 Å². The predicted molar refractivity (Wildman–Crippen MR) is 106 cm³/mol. The Morgan fingerprint density at radius 2 is 1.96 bits per heavy atom. The molecule has 150 valence electrons. The predicted octanol–water partition coefficient (Wildman–Crippen LogP) is 3.14. The van der Waals surface area contributed by atoms with E-state index >= 15 is 0 Å². The highest BCUT2D eigenvalue weighted by Crippen LogP contribution is 2.37. The number of amides is 2. The van der Waals surface area contributed by atoms with Crippen molar-refractivity contribution in [2.24, 2.45) is 5.92 Å². The summed E-state index contributed by atoms with van der Waals surface area (Å²) in [6, 6.07) is 11.5. The molecule has 0 spiro atoms. The number of likely N-dealkylation sites (tertiary alicyclic amines) is 1. The lowest BCUT2D eigenvalue weighted by Crippen LogP contribution is -2.49. The van der Waals surface area contributed by atoms with Gasteiger partial charge in [-0.15, -0.1) is 0 Å². The second-order valence-corrected chi connectivity index (χ2v) is 7.31. The zero-order chi connectivity index (χ0) is 20.1. The van der Waals surface area contributed by atoms with E-state index in [9.17, 15) is 9.59 Å². The summed E-state index contributed by atoms with van der Waals surface area (Å²) in [4.78, 5) is 27.4. The molecule has 2 amide bonds. The summed E-state index contributed by atoms with van der Waals surface area (Å²) >= 11 is 0. The number of rotatable bonds is 7. The summed E-state index contributed by atoms with van der Waals surface area (Å²) in [5.41, 5.74) is 2.12. The van der Waals surface area contributed by atoms with Crippen LogP contribution in [0.3, 0.4) is 0 Å². The maximum absolute atomic E-state index is 13.0. The van der Waals surface area contributed by atoms with Gasteiger partial charge < -0.3 is 19.4 Å². The molecule has 2 heterocycles. The van der Waals surface area contributed by atoms with Crippen LogP contribution in [0.4, 0.5) is 0 Å². The summed E-state index contributed by atoms with van der Waals surface area (Å²) < 4.78 is 10.7. The van der Waals surface area contributed by atoms with Gasteiger partial charge in [0.15, 0.2) is 0 Å². The largest absolute Gasteiger partial charge is 0.465 e. The average molecular weight is 384 g/mol. The quantitative estimate of drug-likeness (QED) is 0.796. The molecular weight excluding hydrogens is 356 g/mol. The molecule has 2 atom stereocenters. The number of benzene rings is 1. The van der Waals surface area contributed by atoms with E-state index in [1.165, 1.54) is 0 Å². The number of ether oxygens (including phenoxy) is 1. The van der Waals surface area contributed by atoms with Crippen LogP contribution in [0.5, 0.6) is 0 Å². The zero-order valence-corrected chi connectivity index (χ0v) is 16.7. The van der Waals surface area contributed by atoms with Gasteiger partial charge in [0.05, 0.1) is 25.1 Å². The van der Waals surface area contributed by atoms with Gasteiger partial charge in [0.1, 0.15) is 11.5 Å². The smallest absolute Gasteiger partial charge is 0.225 e. The van der Waals surface area contributed by atoms with Crippen LogP contribution in [0.25, 0.3) is 0 Å². The molecule has 1 aliphatic heterocycles. The molecule has 1 aromatic heterocycles. The molecule has 6 nitrogen and oxygen atoms in total. The van der Waals surface area contributed by atoms with E-state index in [0.717, 1.165) is 22.6 Å². The van der Waals surface area contributed by atoms with Gasteiger partial charge >= 0.3 is 0 Å². The van der Waals surface area contributed by atoms with E-state index in [2.05, 4.69) is 5.32 Å². The second kappa shape index (κ2) is 9.06. The molecule has 28 heavy (non-hydrogen) atoms. The molecule has 0 bridgehead atoms. The van der Waals surface area contributed by atoms with E-state index in [1.807, 2.05) is 50.2 Å². The Bertz CT molecular complexity index is 812. The molecule has 3 rings (SSSR count). The Morgan fingerprint density at radius 1 is 1.21 bits per heavy atom. The van der Waals surface area contributed by atoms with Crippen LogP contribution in [0.1, 0.15) is 41.5 Å². The summed E-state index contributed by atoms with van der Waals surface area (Å²) in [6.45, 7) is 5.14. The molecule has 1 saturated heterocycles. The molecule has 0 radical (unpaired) electrons. The van der Waals surface area contributed by atoms with Crippen molar-refractivity contribution in [2.75, 3.05) is 20.3 Å². The van der Waals surface area contributed by atoms with Gasteiger partial charge in [-0.25, -0.2) is 0 Å². The van der Waals surface area contributed by atoms with Gasteiger partial charge in [0.2, 0.25) is 11.8 Å². The molecule has 1 aliphatic rings. The molecule has 6 heteroatoms. The molecule has 1 aromatic carbocycles. The minimum Gasteiger partial charge on any atom is -0.465 e. The summed E-state index contributed by atoms with van der Waals surface area (Å²) in [5, 5.41) is 2.98. The number of carbonyl (C=O) groups is 2. The van der Waals surface area contributed by atoms with Crippen LogP contribution in [-0.4, -0.2) is 37.0 Å². The fraction of sp³-hybridized carbons (Fsp3) is 0.455. The van der Waals surface area contributed by atoms with Crippen molar-refractivity contribution in [3.05, 3.63) is 59.0 Å². The van der Waals surface area contributed by atoms with Crippen LogP contribution in [0.15, 0.2) is 40.8 Å². The molecular formula is C22H28N2O4. The van der Waals surface area contributed by atoms with Gasteiger partial charge in [-0.05, 0) is 38.0 Å². The minimum absolute atomic E-state index is 0.0606. The number of nitrogens with zero attached hydrogens (tertiary/aromatic N) is 1. The first-order chi connectivity index (χ1) is 13.5. The molecule has 1 fully saturated rings. The normalized spacial score (nSPS) is 19.7. The van der Waals surface area contributed by atoms with Gasteiger partial charge in [-0.3, -0.25) is 9.59 Å².